The predicted octanol–water partition coefficient (Wildman–Crippen LogP) is -1.57. The summed E-state index contributed by atoms with van der Waals surface area (Å²) in [6, 6.07) is -0.532. The number of nitrogens with zero attached hydrogens (tertiary/aromatic N) is 1. The highest BCUT2D eigenvalue weighted by Gasteiger charge is 2.29. The van der Waals surface area contributed by atoms with Crippen LogP contribution in [0, 0.1) is 0 Å². The van der Waals surface area contributed by atoms with Gasteiger partial charge >= 0.3 is 6.03 Å². The third kappa shape index (κ3) is 3.50. The molecule has 7 nitrogen and oxygen atoms in total. The second kappa shape index (κ2) is 6.06. The van der Waals surface area contributed by atoms with Crippen molar-refractivity contribution in [2.45, 2.75) is 12.8 Å². The maximum atomic E-state index is 11.3. The summed E-state index contributed by atoms with van der Waals surface area (Å²) < 4.78 is 0. The molecule has 0 atom stereocenters. The van der Waals surface area contributed by atoms with E-state index in [1.54, 1.807) is 0 Å². The molecule has 0 aromatic heterocycles. The minimum absolute atomic E-state index is 0.0450. The molecule has 0 unspecified atom stereocenters. The molecule has 0 radical (unpaired) electrons. The Labute approximate surface area is 92.8 Å². The molecule has 1 heterocycles. The largest absolute Gasteiger partial charge is 0.396 e. The van der Waals surface area contributed by atoms with Gasteiger partial charge in [-0.15, -0.1) is 0 Å². The molecule has 0 bridgehead atoms. The van der Waals surface area contributed by atoms with Crippen LogP contribution in [-0.4, -0.2) is 54.1 Å². The fourth-order valence-corrected chi connectivity index (χ4v) is 1.28. The van der Waals surface area contributed by atoms with Crippen molar-refractivity contribution >= 4 is 17.8 Å². The number of aliphatic hydroxyl groups is 1. The van der Waals surface area contributed by atoms with Crippen molar-refractivity contribution < 1.29 is 19.5 Å². The minimum Gasteiger partial charge on any atom is -0.396 e. The molecule has 1 rings (SSSR count). The first-order valence-electron chi connectivity index (χ1n) is 5.11. The van der Waals surface area contributed by atoms with Crippen molar-refractivity contribution in [3.8, 4) is 0 Å². The number of aliphatic hydroxyl groups excluding tert-OH is 1. The van der Waals surface area contributed by atoms with Crippen molar-refractivity contribution in [2.24, 2.45) is 0 Å². The third-order valence-corrected chi connectivity index (χ3v) is 2.15. The Balaban J connectivity index is 2.23. The number of carbonyl (C=O) groups is 3. The van der Waals surface area contributed by atoms with Crippen LogP contribution in [-0.2, 0) is 9.59 Å². The van der Waals surface area contributed by atoms with Crippen molar-refractivity contribution in [1.29, 1.82) is 0 Å². The zero-order valence-electron chi connectivity index (χ0n) is 8.86. The Kier molecular flexibility index (Phi) is 4.71. The van der Waals surface area contributed by atoms with E-state index in [1.165, 1.54) is 0 Å². The summed E-state index contributed by atoms with van der Waals surface area (Å²) in [5.74, 6) is -0.765. The molecule has 0 spiro atoms. The summed E-state index contributed by atoms with van der Waals surface area (Å²) >= 11 is 0. The smallest absolute Gasteiger partial charge is 0.325 e. The number of carbonyl (C=O) groups excluding carboxylic acids is 3. The van der Waals surface area contributed by atoms with Gasteiger partial charge in [-0.2, -0.15) is 0 Å². The van der Waals surface area contributed by atoms with E-state index < -0.39 is 11.9 Å². The van der Waals surface area contributed by atoms with Gasteiger partial charge in [0.2, 0.25) is 5.91 Å². The molecular weight excluding hydrogens is 214 g/mol. The van der Waals surface area contributed by atoms with Gasteiger partial charge in [0.1, 0.15) is 6.54 Å². The standard InChI is InChI=1S/C9H15N3O4/c13-4-2-1-3-10-7(14)6-12-8(15)5-11-9(12)16/h13H,1-6H2,(H,10,14)(H,11,16). The van der Waals surface area contributed by atoms with Crippen molar-refractivity contribution in [3.63, 3.8) is 0 Å². The topological polar surface area (TPSA) is 98.7 Å². The Bertz CT molecular complexity index is 276. The van der Waals surface area contributed by atoms with Gasteiger partial charge in [-0.25, -0.2) is 4.79 Å². The van der Waals surface area contributed by atoms with Crippen LogP contribution in [0.3, 0.4) is 0 Å². The van der Waals surface area contributed by atoms with Gasteiger partial charge in [-0.05, 0) is 12.8 Å². The van der Waals surface area contributed by atoms with Crippen LogP contribution in [0.2, 0.25) is 0 Å². The highest BCUT2D eigenvalue weighted by molar-refractivity contribution is 6.04. The number of amides is 4. The van der Waals surface area contributed by atoms with Gasteiger partial charge in [0.05, 0.1) is 6.54 Å². The van der Waals surface area contributed by atoms with E-state index in [2.05, 4.69) is 10.6 Å². The fraction of sp³-hybridized carbons (Fsp3) is 0.667. The number of urea groups is 1. The SMILES string of the molecule is O=C(CN1C(=O)CNC1=O)NCCCCO. The van der Waals surface area contributed by atoms with Crippen molar-refractivity contribution in [3.05, 3.63) is 0 Å². The van der Waals surface area contributed by atoms with Crippen molar-refractivity contribution in [2.75, 3.05) is 26.2 Å². The number of nitrogens with one attached hydrogen (secondary N) is 2. The van der Waals surface area contributed by atoms with Gasteiger partial charge in [0.25, 0.3) is 5.91 Å². The summed E-state index contributed by atoms with van der Waals surface area (Å²) in [5, 5.41) is 13.4. The lowest BCUT2D eigenvalue weighted by atomic mass is 10.3. The summed E-state index contributed by atoms with van der Waals surface area (Å²) in [4.78, 5) is 34.4. The number of unbranched alkanes of at least 4 members (excludes halogenated alkanes) is 1. The normalized spacial score (nSPS) is 15.2. The van der Waals surface area contributed by atoms with E-state index in [4.69, 9.17) is 5.11 Å². The van der Waals surface area contributed by atoms with Crippen LogP contribution in [0.15, 0.2) is 0 Å². The molecule has 7 heteroatoms. The van der Waals surface area contributed by atoms with Gasteiger partial charge in [0.15, 0.2) is 0 Å². The first-order chi connectivity index (χ1) is 7.65. The quantitative estimate of drug-likeness (QED) is 0.378. The Morgan fingerprint density at radius 3 is 2.75 bits per heavy atom. The van der Waals surface area contributed by atoms with Gasteiger partial charge < -0.3 is 15.7 Å². The van der Waals surface area contributed by atoms with Crippen LogP contribution < -0.4 is 10.6 Å². The van der Waals surface area contributed by atoms with Gasteiger partial charge in [0, 0.05) is 13.2 Å². The van der Waals surface area contributed by atoms with E-state index in [1.807, 2.05) is 0 Å². The Morgan fingerprint density at radius 1 is 1.44 bits per heavy atom. The maximum Gasteiger partial charge on any atom is 0.325 e. The molecule has 1 fully saturated rings. The lowest BCUT2D eigenvalue weighted by Crippen LogP contribution is -2.41. The van der Waals surface area contributed by atoms with E-state index >= 15 is 0 Å². The molecule has 0 aromatic rings. The van der Waals surface area contributed by atoms with Gasteiger partial charge in [-0.1, -0.05) is 0 Å². The summed E-state index contributed by atoms with van der Waals surface area (Å²) in [7, 11) is 0. The molecule has 0 aliphatic carbocycles. The summed E-state index contributed by atoms with van der Waals surface area (Å²) in [5.41, 5.74) is 0. The highest BCUT2D eigenvalue weighted by atomic mass is 16.3. The van der Waals surface area contributed by atoms with Crippen molar-refractivity contribution in [1.82, 2.24) is 15.5 Å². The lowest BCUT2D eigenvalue weighted by Gasteiger charge is -2.11. The zero-order valence-corrected chi connectivity index (χ0v) is 8.86. The number of hydrogen-bond donors (Lipinski definition) is 3. The lowest BCUT2D eigenvalue weighted by molar-refractivity contribution is -0.130. The second-order valence-electron chi connectivity index (χ2n) is 3.42. The first kappa shape index (κ1) is 12.4. The molecule has 3 N–H and O–H groups in total. The summed E-state index contributed by atoms with van der Waals surface area (Å²) in [6.45, 7) is 0.229. The summed E-state index contributed by atoms with van der Waals surface area (Å²) in [6.07, 6.45) is 1.28. The molecule has 0 aromatic carbocycles. The van der Waals surface area contributed by atoms with E-state index in [-0.39, 0.29) is 25.6 Å². The number of imide groups is 1. The molecule has 1 saturated heterocycles. The molecule has 90 valence electrons. The Morgan fingerprint density at radius 2 is 2.19 bits per heavy atom. The second-order valence-corrected chi connectivity index (χ2v) is 3.42. The fourth-order valence-electron chi connectivity index (χ4n) is 1.28. The maximum absolute atomic E-state index is 11.3. The average Bonchev–Trinajstić information content (AvgIpc) is 2.56. The van der Waals surface area contributed by atoms with Crippen LogP contribution >= 0.6 is 0 Å². The third-order valence-electron chi connectivity index (χ3n) is 2.15. The molecule has 4 amide bonds. The average molecular weight is 229 g/mol. The minimum atomic E-state index is -0.532. The molecule has 1 aliphatic heterocycles. The van der Waals surface area contributed by atoms with Crippen LogP contribution in [0.25, 0.3) is 0 Å². The number of rotatable bonds is 6. The predicted molar refractivity (Wildman–Crippen MR) is 54.4 cm³/mol. The highest BCUT2D eigenvalue weighted by Crippen LogP contribution is 1.97. The van der Waals surface area contributed by atoms with Gasteiger partial charge in [-0.3, -0.25) is 14.5 Å². The number of hydrogen-bond acceptors (Lipinski definition) is 4. The van der Waals surface area contributed by atoms with E-state index in [9.17, 15) is 14.4 Å². The van der Waals surface area contributed by atoms with Crippen LogP contribution in [0.1, 0.15) is 12.8 Å². The van der Waals surface area contributed by atoms with E-state index in [0.29, 0.717) is 19.4 Å². The molecule has 16 heavy (non-hydrogen) atoms. The van der Waals surface area contributed by atoms with Crippen LogP contribution in [0.5, 0.6) is 0 Å². The van der Waals surface area contributed by atoms with E-state index in [0.717, 1.165) is 4.90 Å². The van der Waals surface area contributed by atoms with Crippen LogP contribution in [0.4, 0.5) is 4.79 Å². The molecule has 0 saturated carbocycles. The first-order valence-corrected chi connectivity index (χ1v) is 5.11. The monoisotopic (exact) mass is 229 g/mol. The molecule has 1 aliphatic rings. The molecular formula is C9H15N3O4. The zero-order chi connectivity index (χ0) is 12.0. The Hall–Kier alpha value is -1.63.